The van der Waals surface area contributed by atoms with Crippen molar-refractivity contribution in [1.29, 1.82) is 0 Å². The van der Waals surface area contributed by atoms with E-state index in [2.05, 4.69) is 20.3 Å². The van der Waals surface area contributed by atoms with Gasteiger partial charge < -0.3 is 13.4 Å². The molecule has 0 spiro atoms. The van der Waals surface area contributed by atoms with Crippen LogP contribution in [-0.2, 0) is 0 Å². The smallest absolute Gasteiger partial charge is 0.277 e. The number of rotatable bonds is 5. The quantitative estimate of drug-likeness (QED) is 0.657. The molecule has 8 heteroatoms. The van der Waals surface area contributed by atoms with Gasteiger partial charge in [0, 0.05) is 5.92 Å². The lowest BCUT2D eigenvalue weighted by molar-refractivity contribution is 0.374. The van der Waals surface area contributed by atoms with E-state index >= 15 is 0 Å². The second-order valence-electron chi connectivity index (χ2n) is 5.29. The second-order valence-corrected chi connectivity index (χ2v) is 6.58. The van der Waals surface area contributed by atoms with Crippen LogP contribution in [0.15, 0.2) is 30.9 Å². The number of hydrogen-bond donors (Lipinski definition) is 0. The maximum absolute atomic E-state index is 5.66. The first-order valence-electron chi connectivity index (χ1n) is 7.09. The van der Waals surface area contributed by atoms with Gasteiger partial charge in [-0.05, 0) is 32.8 Å². The van der Waals surface area contributed by atoms with Gasteiger partial charge in [-0.1, -0.05) is 16.9 Å². The van der Waals surface area contributed by atoms with Crippen LogP contribution in [0.4, 0.5) is 0 Å². The SMILES string of the molecule is Cc1occc1-c1nnc(S[C@H](C)c2nc(C3CC3)no2)o1. The predicted molar refractivity (Wildman–Crippen MR) is 77.3 cm³/mol. The molecule has 1 aliphatic carbocycles. The normalized spacial score (nSPS) is 16.1. The lowest BCUT2D eigenvalue weighted by Crippen LogP contribution is -1.90. The van der Waals surface area contributed by atoms with Crippen molar-refractivity contribution in [2.24, 2.45) is 0 Å². The molecule has 1 aliphatic rings. The molecule has 3 heterocycles. The highest BCUT2D eigenvalue weighted by molar-refractivity contribution is 7.99. The van der Waals surface area contributed by atoms with E-state index in [1.807, 2.05) is 13.8 Å². The number of aryl methyl sites for hydroxylation is 1. The molecular weight excluding hydrogens is 304 g/mol. The molecule has 0 radical (unpaired) electrons. The van der Waals surface area contributed by atoms with Crippen LogP contribution in [0.25, 0.3) is 11.5 Å². The first-order valence-corrected chi connectivity index (χ1v) is 7.97. The lowest BCUT2D eigenvalue weighted by atomic mass is 10.3. The third-order valence-corrected chi connectivity index (χ3v) is 4.44. The number of aromatic nitrogens is 4. The Labute approximate surface area is 130 Å². The average Bonchev–Trinajstić information content (AvgIpc) is 2.92. The second kappa shape index (κ2) is 5.28. The highest BCUT2D eigenvalue weighted by Gasteiger charge is 2.30. The third-order valence-electron chi connectivity index (χ3n) is 3.52. The zero-order chi connectivity index (χ0) is 15.1. The summed E-state index contributed by atoms with van der Waals surface area (Å²) in [6, 6.07) is 1.81. The van der Waals surface area contributed by atoms with E-state index in [1.165, 1.54) is 11.8 Å². The Balaban J connectivity index is 1.48. The molecule has 0 aliphatic heterocycles. The maximum atomic E-state index is 5.66. The van der Waals surface area contributed by atoms with Crippen molar-refractivity contribution in [1.82, 2.24) is 20.3 Å². The van der Waals surface area contributed by atoms with Crippen LogP contribution in [-0.4, -0.2) is 20.3 Å². The van der Waals surface area contributed by atoms with E-state index in [0.717, 1.165) is 30.0 Å². The van der Waals surface area contributed by atoms with Crippen LogP contribution >= 0.6 is 11.8 Å². The molecule has 1 atom stereocenters. The van der Waals surface area contributed by atoms with Crippen molar-refractivity contribution < 1.29 is 13.4 Å². The Hall–Kier alpha value is -2.09. The van der Waals surface area contributed by atoms with E-state index in [-0.39, 0.29) is 5.25 Å². The number of thioether (sulfide) groups is 1. The van der Waals surface area contributed by atoms with Crippen molar-refractivity contribution in [2.45, 2.75) is 43.1 Å². The minimum Gasteiger partial charge on any atom is -0.469 e. The molecule has 3 aromatic rings. The fourth-order valence-corrected chi connectivity index (χ4v) is 2.81. The summed E-state index contributed by atoms with van der Waals surface area (Å²) in [5.74, 6) is 3.08. The Morgan fingerprint density at radius 3 is 2.91 bits per heavy atom. The molecule has 0 amide bonds. The summed E-state index contributed by atoms with van der Waals surface area (Å²) >= 11 is 1.40. The van der Waals surface area contributed by atoms with Gasteiger partial charge in [0.25, 0.3) is 11.1 Å². The van der Waals surface area contributed by atoms with Crippen molar-refractivity contribution in [2.75, 3.05) is 0 Å². The number of furan rings is 1. The first-order chi connectivity index (χ1) is 10.7. The van der Waals surface area contributed by atoms with Crippen LogP contribution in [0.5, 0.6) is 0 Å². The van der Waals surface area contributed by atoms with Crippen molar-refractivity contribution >= 4 is 11.8 Å². The van der Waals surface area contributed by atoms with Crippen molar-refractivity contribution in [3.05, 3.63) is 29.8 Å². The molecule has 22 heavy (non-hydrogen) atoms. The Morgan fingerprint density at radius 1 is 1.32 bits per heavy atom. The minimum atomic E-state index is -0.0428. The van der Waals surface area contributed by atoms with Crippen LogP contribution in [0.2, 0.25) is 0 Å². The average molecular weight is 318 g/mol. The molecule has 0 bridgehead atoms. The Bertz CT molecular complexity index is 789. The van der Waals surface area contributed by atoms with Gasteiger partial charge in [-0.3, -0.25) is 0 Å². The van der Waals surface area contributed by atoms with Gasteiger partial charge in [-0.2, -0.15) is 4.98 Å². The Kier molecular flexibility index (Phi) is 3.25. The van der Waals surface area contributed by atoms with Gasteiger partial charge >= 0.3 is 0 Å². The van der Waals surface area contributed by atoms with E-state index in [1.54, 1.807) is 12.3 Å². The standard InChI is InChI=1S/C14H14N4O3S/c1-7-10(5-6-19-7)13-16-17-14(20-13)22-8(2)12-15-11(18-21-12)9-3-4-9/h5-6,8-9H,3-4H2,1-2H3/t8-/m1/s1. The van der Waals surface area contributed by atoms with Crippen LogP contribution < -0.4 is 0 Å². The summed E-state index contributed by atoms with van der Waals surface area (Å²) in [7, 11) is 0. The molecule has 0 aromatic carbocycles. The predicted octanol–water partition coefficient (Wildman–Crippen LogP) is 3.75. The number of nitrogens with zero attached hydrogens (tertiary/aromatic N) is 4. The van der Waals surface area contributed by atoms with Gasteiger partial charge in [0.1, 0.15) is 5.76 Å². The van der Waals surface area contributed by atoms with Gasteiger partial charge in [-0.25, -0.2) is 0 Å². The van der Waals surface area contributed by atoms with Crippen molar-refractivity contribution in [3.8, 4) is 11.5 Å². The fourth-order valence-electron chi connectivity index (χ4n) is 2.09. The number of hydrogen-bond acceptors (Lipinski definition) is 8. The summed E-state index contributed by atoms with van der Waals surface area (Å²) in [6.07, 6.45) is 3.90. The van der Waals surface area contributed by atoms with E-state index < -0.39 is 0 Å². The molecule has 4 rings (SSSR count). The van der Waals surface area contributed by atoms with Crippen LogP contribution in [0.1, 0.15) is 48.4 Å². The summed E-state index contributed by atoms with van der Waals surface area (Å²) in [4.78, 5) is 4.44. The van der Waals surface area contributed by atoms with Crippen LogP contribution in [0.3, 0.4) is 0 Å². The van der Waals surface area contributed by atoms with E-state index in [9.17, 15) is 0 Å². The van der Waals surface area contributed by atoms with Crippen LogP contribution in [0, 0.1) is 6.92 Å². The molecule has 114 valence electrons. The van der Waals surface area contributed by atoms with E-state index in [4.69, 9.17) is 13.4 Å². The highest BCUT2D eigenvalue weighted by atomic mass is 32.2. The molecular formula is C14H14N4O3S. The molecule has 0 unspecified atom stereocenters. The van der Waals surface area contributed by atoms with Gasteiger partial charge in [-0.15, -0.1) is 10.2 Å². The summed E-state index contributed by atoms with van der Waals surface area (Å²) in [5, 5.41) is 12.5. The fraction of sp³-hybridized carbons (Fsp3) is 0.429. The summed E-state index contributed by atoms with van der Waals surface area (Å²) in [5.41, 5.74) is 0.806. The lowest BCUT2D eigenvalue weighted by Gasteiger charge is -2.00. The summed E-state index contributed by atoms with van der Waals surface area (Å²) in [6.45, 7) is 3.83. The van der Waals surface area contributed by atoms with Gasteiger partial charge in [0.05, 0.1) is 17.1 Å². The van der Waals surface area contributed by atoms with Gasteiger partial charge in [0.2, 0.25) is 5.89 Å². The highest BCUT2D eigenvalue weighted by Crippen LogP contribution is 2.40. The Morgan fingerprint density at radius 2 is 2.18 bits per heavy atom. The molecule has 1 fully saturated rings. The minimum absolute atomic E-state index is 0.0428. The zero-order valence-electron chi connectivity index (χ0n) is 12.1. The molecule has 0 N–H and O–H groups in total. The molecule has 7 nitrogen and oxygen atoms in total. The molecule has 0 saturated heterocycles. The van der Waals surface area contributed by atoms with Gasteiger partial charge in [0.15, 0.2) is 5.82 Å². The third kappa shape index (κ3) is 2.54. The largest absolute Gasteiger partial charge is 0.469 e. The maximum Gasteiger partial charge on any atom is 0.277 e. The first kappa shape index (κ1) is 13.6. The molecule has 1 saturated carbocycles. The summed E-state index contributed by atoms with van der Waals surface area (Å²) < 4.78 is 16.2. The zero-order valence-corrected chi connectivity index (χ0v) is 13.0. The van der Waals surface area contributed by atoms with E-state index in [0.29, 0.717) is 22.9 Å². The monoisotopic (exact) mass is 318 g/mol. The van der Waals surface area contributed by atoms with Crippen molar-refractivity contribution in [3.63, 3.8) is 0 Å². The topological polar surface area (TPSA) is 91.0 Å². The molecule has 3 aromatic heterocycles.